The number of hydrogen-bond donors (Lipinski definition) is 1. The van der Waals surface area contributed by atoms with E-state index in [0.717, 1.165) is 12.1 Å². The molecule has 0 fully saturated rings. The highest BCUT2D eigenvalue weighted by Gasteiger charge is 2.13. The number of benzene rings is 1. The minimum Gasteiger partial charge on any atom is -0.325 e. The maximum atomic E-state index is 11.7. The molecule has 0 spiro atoms. The Morgan fingerprint density at radius 2 is 2.00 bits per heavy atom. The van der Waals surface area contributed by atoms with Gasteiger partial charge in [-0.2, -0.15) is 0 Å². The molecular formula is C12H18N2O. The lowest BCUT2D eigenvalue weighted by molar-refractivity contribution is 0.206. The van der Waals surface area contributed by atoms with Crippen LogP contribution in [0.3, 0.4) is 0 Å². The molecule has 1 aromatic rings. The first-order valence-corrected chi connectivity index (χ1v) is 5.24. The van der Waals surface area contributed by atoms with Gasteiger partial charge in [-0.15, -0.1) is 0 Å². The van der Waals surface area contributed by atoms with Crippen molar-refractivity contribution in [3.05, 3.63) is 30.3 Å². The standard InChI is InChI=1S/C12H18N2O/c1-4-10(2)14(3)12(15)13-11-8-6-5-7-9-11/h5-10H,4H2,1-3H3,(H,13,15)/t10-/m0/s1. The van der Waals surface area contributed by atoms with Gasteiger partial charge < -0.3 is 10.2 Å². The molecule has 0 aliphatic rings. The van der Waals surface area contributed by atoms with Crippen LogP contribution >= 0.6 is 0 Å². The van der Waals surface area contributed by atoms with Crippen molar-refractivity contribution in [1.82, 2.24) is 4.90 Å². The number of nitrogens with zero attached hydrogens (tertiary/aromatic N) is 1. The molecule has 82 valence electrons. The Labute approximate surface area is 91.1 Å². The van der Waals surface area contributed by atoms with E-state index >= 15 is 0 Å². The fourth-order valence-corrected chi connectivity index (χ4v) is 1.21. The second kappa shape index (κ2) is 5.39. The molecule has 3 nitrogen and oxygen atoms in total. The van der Waals surface area contributed by atoms with E-state index < -0.39 is 0 Å². The second-order valence-corrected chi connectivity index (χ2v) is 3.66. The summed E-state index contributed by atoms with van der Waals surface area (Å²) in [6.45, 7) is 4.10. The fraction of sp³-hybridized carbons (Fsp3) is 0.417. The zero-order chi connectivity index (χ0) is 11.3. The summed E-state index contributed by atoms with van der Waals surface area (Å²) in [6, 6.07) is 9.68. The van der Waals surface area contributed by atoms with Gasteiger partial charge in [-0.1, -0.05) is 25.1 Å². The van der Waals surface area contributed by atoms with Crippen molar-refractivity contribution in [2.75, 3.05) is 12.4 Å². The Bertz CT molecular complexity index is 311. The van der Waals surface area contributed by atoms with E-state index in [-0.39, 0.29) is 12.1 Å². The van der Waals surface area contributed by atoms with Crippen molar-refractivity contribution in [3.63, 3.8) is 0 Å². The van der Waals surface area contributed by atoms with Gasteiger partial charge >= 0.3 is 6.03 Å². The number of nitrogens with one attached hydrogen (secondary N) is 1. The Balaban J connectivity index is 2.56. The smallest absolute Gasteiger partial charge is 0.321 e. The van der Waals surface area contributed by atoms with Crippen LogP contribution < -0.4 is 5.32 Å². The second-order valence-electron chi connectivity index (χ2n) is 3.66. The number of carbonyl (C=O) groups is 1. The van der Waals surface area contributed by atoms with E-state index in [9.17, 15) is 4.79 Å². The fourth-order valence-electron chi connectivity index (χ4n) is 1.21. The molecule has 15 heavy (non-hydrogen) atoms. The zero-order valence-electron chi connectivity index (χ0n) is 9.53. The van der Waals surface area contributed by atoms with E-state index in [2.05, 4.69) is 12.2 Å². The maximum absolute atomic E-state index is 11.7. The number of urea groups is 1. The Kier molecular flexibility index (Phi) is 4.16. The van der Waals surface area contributed by atoms with Crippen molar-refractivity contribution in [3.8, 4) is 0 Å². The van der Waals surface area contributed by atoms with Gasteiger partial charge in [-0.05, 0) is 25.5 Å². The summed E-state index contributed by atoms with van der Waals surface area (Å²) in [7, 11) is 1.81. The predicted octanol–water partition coefficient (Wildman–Crippen LogP) is 2.95. The predicted molar refractivity (Wildman–Crippen MR) is 63.0 cm³/mol. The molecule has 1 aromatic carbocycles. The van der Waals surface area contributed by atoms with Gasteiger partial charge in [-0.25, -0.2) is 4.79 Å². The lowest BCUT2D eigenvalue weighted by Gasteiger charge is -2.24. The van der Waals surface area contributed by atoms with Crippen molar-refractivity contribution < 1.29 is 4.79 Å². The largest absolute Gasteiger partial charge is 0.325 e. The maximum Gasteiger partial charge on any atom is 0.321 e. The summed E-state index contributed by atoms with van der Waals surface area (Å²) in [4.78, 5) is 13.4. The number of hydrogen-bond acceptors (Lipinski definition) is 1. The quantitative estimate of drug-likeness (QED) is 0.810. The van der Waals surface area contributed by atoms with Crippen LogP contribution in [0.25, 0.3) is 0 Å². The highest BCUT2D eigenvalue weighted by atomic mass is 16.2. The van der Waals surface area contributed by atoms with Gasteiger partial charge in [0.05, 0.1) is 0 Å². The molecule has 0 saturated heterocycles. The highest BCUT2D eigenvalue weighted by molar-refractivity contribution is 5.89. The third-order valence-electron chi connectivity index (χ3n) is 2.60. The Morgan fingerprint density at radius 3 is 2.53 bits per heavy atom. The third kappa shape index (κ3) is 3.27. The summed E-state index contributed by atoms with van der Waals surface area (Å²) in [6.07, 6.45) is 0.957. The van der Waals surface area contributed by atoms with E-state index in [0.29, 0.717) is 0 Å². The highest BCUT2D eigenvalue weighted by Crippen LogP contribution is 2.08. The zero-order valence-corrected chi connectivity index (χ0v) is 9.53. The number of carbonyl (C=O) groups excluding carboxylic acids is 1. The molecule has 3 heteroatoms. The minimum atomic E-state index is -0.0597. The number of amides is 2. The molecule has 0 bridgehead atoms. The average Bonchev–Trinajstić information content (AvgIpc) is 2.28. The van der Waals surface area contributed by atoms with E-state index in [1.165, 1.54) is 0 Å². The summed E-state index contributed by atoms with van der Waals surface area (Å²) in [5.74, 6) is 0. The molecule has 1 atom stereocenters. The van der Waals surface area contributed by atoms with E-state index in [4.69, 9.17) is 0 Å². The van der Waals surface area contributed by atoms with Gasteiger partial charge in [0, 0.05) is 18.8 Å². The SMILES string of the molecule is CC[C@H](C)N(C)C(=O)Nc1ccccc1. The summed E-state index contributed by atoms with van der Waals surface area (Å²) < 4.78 is 0. The molecular weight excluding hydrogens is 188 g/mol. The van der Waals surface area contributed by atoms with Crippen molar-refractivity contribution in [1.29, 1.82) is 0 Å². The molecule has 1 rings (SSSR count). The Hall–Kier alpha value is -1.51. The average molecular weight is 206 g/mol. The van der Waals surface area contributed by atoms with Crippen LogP contribution in [0.1, 0.15) is 20.3 Å². The van der Waals surface area contributed by atoms with Crippen LogP contribution in [-0.2, 0) is 0 Å². The third-order valence-corrected chi connectivity index (χ3v) is 2.60. The molecule has 2 amide bonds. The van der Waals surface area contributed by atoms with Crippen molar-refractivity contribution in [2.45, 2.75) is 26.3 Å². The van der Waals surface area contributed by atoms with Crippen LogP contribution in [0, 0.1) is 0 Å². The summed E-state index contributed by atoms with van der Waals surface area (Å²) >= 11 is 0. The summed E-state index contributed by atoms with van der Waals surface area (Å²) in [5, 5.41) is 2.84. The molecule has 0 heterocycles. The first-order valence-electron chi connectivity index (χ1n) is 5.24. The molecule has 0 unspecified atom stereocenters. The van der Waals surface area contributed by atoms with E-state index in [1.807, 2.05) is 44.3 Å². The topological polar surface area (TPSA) is 32.3 Å². The van der Waals surface area contributed by atoms with Crippen LogP contribution in [0.15, 0.2) is 30.3 Å². The molecule has 0 saturated carbocycles. The number of anilines is 1. The van der Waals surface area contributed by atoms with Gasteiger partial charge in [0.25, 0.3) is 0 Å². The van der Waals surface area contributed by atoms with Crippen LogP contribution in [-0.4, -0.2) is 24.0 Å². The molecule has 1 N–H and O–H groups in total. The van der Waals surface area contributed by atoms with Crippen molar-refractivity contribution in [2.24, 2.45) is 0 Å². The minimum absolute atomic E-state index is 0.0597. The Morgan fingerprint density at radius 1 is 1.40 bits per heavy atom. The van der Waals surface area contributed by atoms with Gasteiger partial charge in [-0.3, -0.25) is 0 Å². The lowest BCUT2D eigenvalue weighted by atomic mass is 10.2. The first kappa shape index (κ1) is 11.6. The monoisotopic (exact) mass is 206 g/mol. The normalized spacial score (nSPS) is 11.9. The van der Waals surface area contributed by atoms with Crippen LogP contribution in [0.5, 0.6) is 0 Å². The lowest BCUT2D eigenvalue weighted by Crippen LogP contribution is -2.37. The number of rotatable bonds is 3. The van der Waals surface area contributed by atoms with Crippen LogP contribution in [0.4, 0.5) is 10.5 Å². The van der Waals surface area contributed by atoms with E-state index in [1.54, 1.807) is 4.90 Å². The molecule has 0 aliphatic carbocycles. The van der Waals surface area contributed by atoms with Crippen molar-refractivity contribution >= 4 is 11.7 Å². The molecule has 0 radical (unpaired) electrons. The van der Waals surface area contributed by atoms with Gasteiger partial charge in [0.15, 0.2) is 0 Å². The van der Waals surface area contributed by atoms with Gasteiger partial charge in [0.1, 0.15) is 0 Å². The van der Waals surface area contributed by atoms with Gasteiger partial charge in [0.2, 0.25) is 0 Å². The van der Waals surface area contributed by atoms with Crippen LogP contribution in [0.2, 0.25) is 0 Å². The number of para-hydroxylation sites is 1. The summed E-state index contributed by atoms with van der Waals surface area (Å²) in [5.41, 5.74) is 0.831. The molecule has 0 aliphatic heterocycles. The molecule has 0 aromatic heterocycles. The first-order chi connectivity index (χ1) is 7.15.